The molecule has 1 aromatic heterocycles. The van der Waals surface area contributed by atoms with Gasteiger partial charge in [-0.05, 0) is 26.0 Å². The number of rotatable bonds is 2. The van der Waals surface area contributed by atoms with Crippen molar-refractivity contribution in [3.63, 3.8) is 0 Å². The molecule has 0 saturated heterocycles. The number of hydrazine groups is 1. The minimum atomic E-state index is -0.313. The van der Waals surface area contributed by atoms with Gasteiger partial charge in [-0.15, -0.1) is 0 Å². The number of nitrogen functional groups attached to an aromatic ring is 1. The van der Waals surface area contributed by atoms with Crippen molar-refractivity contribution in [2.75, 3.05) is 5.43 Å². The summed E-state index contributed by atoms with van der Waals surface area (Å²) in [5.74, 6) is 6.08. The Labute approximate surface area is 98.7 Å². The maximum Gasteiger partial charge on any atom is 0.161 e. The number of aryl methyl sites for hydroxylation is 1. The number of hydrogen-bond acceptors (Lipinski definition) is 4. The highest BCUT2D eigenvalue weighted by atomic mass is 19.1. The summed E-state index contributed by atoms with van der Waals surface area (Å²) in [7, 11) is 0. The van der Waals surface area contributed by atoms with E-state index in [9.17, 15) is 4.39 Å². The van der Waals surface area contributed by atoms with Crippen LogP contribution in [0.15, 0.2) is 24.3 Å². The van der Waals surface area contributed by atoms with E-state index in [-0.39, 0.29) is 5.82 Å². The maximum atomic E-state index is 13.1. The van der Waals surface area contributed by atoms with Crippen LogP contribution in [0.4, 0.5) is 10.2 Å². The molecule has 1 aromatic carbocycles. The van der Waals surface area contributed by atoms with Gasteiger partial charge in [0.25, 0.3) is 0 Å². The lowest BCUT2D eigenvalue weighted by atomic mass is 10.2. The highest BCUT2D eigenvalue weighted by Crippen LogP contribution is 2.21. The molecule has 0 saturated carbocycles. The molecule has 5 heteroatoms. The van der Waals surface area contributed by atoms with Crippen LogP contribution < -0.4 is 11.3 Å². The maximum absolute atomic E-state index is 13.1. The second-order valence-electron chi connectivity index (χ2n) is 3.76. The average Bonchev–Trinajstić information content (AvgIpc) is 2.32. The van der Waals surface area contributed by atoms with Gasteiger partial charge in [-0.2, -0.15) is 0 Å². The van der Waals surface area contributed by atoms with Crippen molar-refractivity contribution in [3.05, 3.63) is 41.3 Å². The fourth-order valence-corrected chi connectivity index (χ4v) is 1.53. The minimum Gasteiger partial charge on any atom is -0.308 e. The second kappa shape index (κ2) is 4.47. The molecule has 17 heavy (non-hydrogen) atoms. The molecular formula is C12H13FN4. The lowest BCUT2D eigenvalue weighted by Crippen LogP contribution is -2.12. The van der Waals surface area contributed by atoms with Crippen molar-refractivity contribution in [3.8, 4) is 11.4 Å². The van der Waals surface area contributed by atoms with E-state index in [2.05, 4.69) is 15.4 Å². The van der Waals surface area contributed by atoms with Crippen molar-refractivity contribution in [2.24, 2.45) is 5.84 Å². The standard InChI is InChI=1S/C12H13FN4/c1-7-8(2)15-12(16-11(7)17-14)9-4-3-5-10(13)6-9/h3-6H,14H2,1-2H3,(H,15,16,17). The van der Waals surface area contributed by atoms with E-state index in [1.807, 2.05) is 13.8 Å². The summed E-state index contributed by atoms with van der Waals surface area (Å²) < 4.78 is 13.1. The summed E-state index contributed by atoms with van der Waals surface area (Å²) in [5.41, 5.74) is 4.84. The van der Waals surface area contributed by atoms with Crippen molar-refractivity contribution < 1.29 is 4.39 Å². The van der Waals surface area contributed by atoms with Gasteiger partial charge in [0.1, 0.15) is 11.6 Å². The predicted molar refractivity (Wildman–Crippen MR) is 64.7 cm³/mol. The third kappa shape index (κ3) is 2.24. The van der Waals surface area contributed by atoms with Gasteiger partial charge >= 0.3 is 0 Å². The Morgan fingerprint density at radius 3 is 2.65 bits per heavy atom. The Balaban J connectivity index is 2.56. The lowest BCUT2D eigenvalue weighted by Gasteiger charge is -2.09. The molecule has 2 aromatic rings. The summed E-state index contributed by atoms with van der Waals surface area (Å²) in [4.78, 5) is 8.57. The first kappa shape index (κ1) is 11.5. The SMILES string of the molecule is Cc1nc(-c2cccc(F)c2)nc(NN)c1C. The molecule has 0 radical (unpaired) electrons. The van der Waals surface area contributed by atoms with Gasteiger partial charge in [0.05, 0.1) is 0 Å². The zero-order valence-electron chi connectivity index (χ0n) is 9.66. The summed E-state index contributed by atoms with van der Waals surface area (Å²) in [6.45, 7) is 3.74. The van der Waals surface area contributed by atoms with Gasteiger partial charge in [-0.3, -0.25) is 0 Å². The fraction of sp³-hybridized carbons (Fsp3) is 0.167. The Bertz CT molecular complexity index is 554. The van der Waals surface area contributed by atoms with E-state index in [0.29, 0.717) is 17.2 Å². The first-order valence-corrected chi connectivity index (χ1v) is 5.19. The highest BCUT2D eigenvalue weighted by Gasteiger charge is 2.09. The molecule has 4 nitrogen and oxygen atoms in total. The Morgan fingerprint density at radius 1 is 1.24 bits per heavy atom. The van der Waals surface area contributed by atoms with E-state index in [4.69, 9.17) is 5.84 Å². The summed E-state index contributed by atoms with van der Waals surface area (Å²) in [6.07, 6.45) is 0. The Hall–Kier alpha value is -2.01. The summed E-state index contributed by atoms with van der Waals surface area (Å²) >= 11 is 0. The predicted octanol–water partition coefficient (Wildman–Crippen LogP) is 2.19. The zero-order valence-corrected chi connectivity index (χ0v) is 9.66. The average molecular weight is 232 g/mol. The Kier molecular flexibility index (Phi) is 3.01. The molecular weight excluding hydrogens is 219 g/mol. The third-order valence-corrected chi connectivity index (χ3v) is 2.61. The molecule has 3 N–H and O–H groups in total. The monoisotopic (exact) mass is 232 g/mol. The summed E-state index contributed by atoms with van der Waals surface area (Å²) in [5, 5.41) is 0. The first-order valence-electron chi connectivity index (χ1n) is 5.19. The molecule has 0 spiro atoms. The number of benzene rings is 1. The quantitative estimate of drug-likeness (QED) is 0.615. The van der Waals surface area contributed by atoms with Crippen LogP contribution in [-0.2, 0) is 0 Å². The molecule has 0 aliphatic heterocycles. The smallest absolute Gasteiger partial charge is 0.161 e. The topological polar surface area (TPSA) is 63.8 Å². The van der Waals surface area contributed by atoms with Crippen LogP contribution in [0.2, 0.25) is 0 Å². The minimum absolute atomic E-state index is 0.313. The summed E-state index contributed by atoms with van der Waals surface area (Å²) in [6, 6.07) is 6.16. The molecule has 0 aliphatic carbocycles. The van der Waals surface area contributed by atoms with Crippen molar-refractivity contribution in [1.82, 2.24) is 9.97 Å². The van der Waals surface area contributed by atoms with Crippen LogP contribution in [-0.4, -0.2) is 9.97 Å². The van der Waals surface area contributed by atoms with Crippen molar-refractivity contribution in [1.29, 1.82) is 0 Å². The van der Waals surface area contributed by atoms with Crippen LogP contribution in [0.1, 0.15) is 11.3 Å². The van der Waals surface area contributed by atoms with Gasteiger partial charge in [-0.25, -0.2) is 20.2 Å². The molecule has 0 amide bonds. The van der Waals surface area contributed by atoms with Crippen LogP contribution >= 0.6 is 0 Å². The number of nitrogens with two attached hydrogens (primary N) is 1. The van der Waals surface area contributed by atoms with Gasteiger partial charge in [0.2, 0.25) is 0 Å². The number of hydrogen-bond donors (Lipinski definition) is 2. The molecule has 0 atom stereocenters. The van der Waals surface area contributed by atoms with E-state index >= 15 is 0 Å². The van der Waals surface area contributed by atoms with Crippen LogP contribution in [0.25, 0.3) is 11.4 Å². The molecule has 2 rings (SSSR count). The molecule has 0 bridgehead atoms. The molecule has 0 fully saturated rings. The van der Waals surface area contributed by atoms with E-state index in [1.165, 1.54) is 12.1 Å². The molecule has 88 valence electrons. The van der Waals surface area contributed by atoms with Crippen molar-refractivity contribution in [2.45, 2.75) is 13.8 Å². The molecule has 1 heterocycles. The Morgan fingerprint density at radius 2 is 2.00 bits per heavy atom. The highest BCUT2D eigenvalue weighted by molar-refractivity contribution is 5.59. The number of nitrogens with zero attached hydrogens (tertiary/aromatic N) is 2. The van der Waals surface area contributed by atoms with E-state index < -0.39 is 0 Å². The van der Waals surface area contributed by atoms with Crippen molar-refractivity contribution >= 4 is 5.82 Å². The zero-order chi connectivity index (χ0) is 12.4. The fourth-order valence-electron chi connectivity index (χ4n) is 1.53. The van der Waals surface area contributed by atoms with Gasteiger partial charge in [0, 0.05) is 16.8 Å². The van der Waals surface area contributed by atoms with Gasteiger partial charge in [0.15, 0.2) is 5.82 Å². The van der Waals surface area contributed by atoms with E-state index in [0.717, 1.165) is 11.3 Å². The van der Waals surface area contributed by atoms with E-state index in [1.54, 1.807) is 12.1 Å². The van der Waals surface area contributed by atoms with Crippen LogP contribution in [0.3, 0.4) is 0 Å². The van der Waals surface area contributed by atoms with Gasteiger partial charge < -0.3 is 5.43 Å². The largest absolute Gasteiger partial charge is 0.308 e. The molecule has 0 aliphatic rings. The molecule has 0 unspecified atom stereocenters. The van der Waals surface area contributed by atoms with Crippen LogP contribution in [0, 0.1) is 19.7 Å². The number of nitrogens with one attached hydrogen (secondary N) is 1. The number of anilines is 1. The normalized spacial score (nSPS) is 10.4. The first-order chi connectivity index (χ1) is 8.11. The number of aromatic nitrogens is 2. The van der Waals surface area contributed by atoms with Gasteiger partial charge in [-0.1, -0.05) is 12.1 Å². The van der Waals surface area contributed by atoms with Crippen LogP contribution in [0.5, 0.6) is 0 Å². The number of halogens is 1. The third-order valence-electron chi connectivity index (χ3n) is 2.61. The lowest BCUT2D eigenvalue weighted by molar-refractivity contribution is 0.628. The second-order valence-corrected chi connectivity index (χ2v) is 3.76.